The van der Waals surface area contributed by atoms with Crippen molar-refractivity contribution in [2.24, 2.45) is 9.98 Å². The summed E-state index contributed by atoms with van der Waals surface area (Å²) in [5.74, 6) is 0.552. The fraction of sp³-hybridized carbons (Fsp3) is 0.450. The topological polar surface area (TPSA) is 69.1 Å². The molecule has 0 atom stereocenters. The standard InChI is InChI=1S/C20H29N5O/c1-14-7-8-18-17(13-14)9-12-25(18)19(22-5)15(2)24-16(3)20(26)23-11-6-10-21-4/h7-8,13,21H,5-6,9-12H2,1-4H3,(H,23,26)/b19-15-,24-16?. The van der Waals surface area contributed by atoms with Crippen molar-refractivity contribution >= 4 is 24.0 Å². The Bertz CT molecular complexity index is 736. The summed E-state index contributed by atoms with van der Waals surface area (Å²) in [5, 5.41) is 5.93. The molecule has 1 amide bonds. The molecule has 6 heteroatoms. The number of anilines is 1. The Morgan fingerprint density at radius 3 is 2.77 bits per heavy atom. The Balaban J connectivity index is 2.16. The average Bonchev–Trinajstić information content (AvgIpc) is 3.02. The number of amides is 1. The van der Waals surface area contributed by atoms with Crippen LogP contribution in [0.3, 0.4) is 0 Å². The summed E-state index contributed by atoms with van der Waals surface area (Å²) >= 11 is 0. The molecule has 26 heavy (non-hydrogen) atoms. The lowest BCUT2D eigenvalue weighted by atomic mass is 10.1. The van der Waals surface area contributed by atoms with Gasteiger partial charge in [-0.15, -0.1) is 0 Å². The van der Waals surface area contributed by atoms with E-state index in [1.807, 2.05) is 14.0 Å². The van der Waals surface area contributed by atoms with Gasteiger partial charge in [0, 0.05) is 18.8 Å². The number of aryl methyl sites for hydroxylation is 1. The lowest BCUT2D eigenvalue weighted by Crippen LogP contribution is -2.31. The van der Waals surface area contributed by atoms with Crippen molar-refractivity contribution < 1.29 is 4.79 Å². The molecule has 0 spiro atoms. The van der Waals surface area contributed by atoms with Crippen molar-refractivity contribution in [1.82, 2.24) is 10.6 Å². The molecule has 1 aliphatic rings. The maximum Gasteiger partial charge on any atom is 0.265 e. The second-order valence-electron chi connectivity index (χ2n) is 6.51. The molecule has 0 saturated carbocycles. The SMILES string of the molecule is C=N/C(=C(\C)N=C(C)C(=O)NCCCNC)N1CCc2cc(C)ccc21. The zero-order chi connectivity index (χ0) is 19.1. The minimum absolute atomic E-state index is 0.152. The summed E-state index contributed by atoms with van der Waals surface area (Å²) in [6.45, 7) is 11.7. The fourth-order valence-electron chi connectivity index (χ4n) is 3.09. The van der Waals surface area contributed by atoms with Gasteiger partial charge >= 0.3 is 0 Å². The van der Waals surface area contributed by atoms with Gasteiger partial charge in [0.2, 0.25) is 0 Å². The predicted molar refractivity (Wildman–Crippen MR) is 109 cm³/mol. The van der Waals surface area contributed by atoms with E-state index in [0.717, 1.165) is 31.6 Å². The summed E-state index contributed by atoms with van der Waals surface area (Å²) in [6.07, 6.45) is 1.85. The maximum atomic E-state index is 12.2. The molecule has 140 valence electrons. The van der Waals surface area contributed by atoms with Crippen LogP contribution in [0.1, 0.15) is 31.4 Å². The first kappa shape index (κ1) is 19.8. The minimum atomic E-state index is -0.152. The number of carbonyl (C=O) groups excluding carboxylic acids is 1. The van der Waals surface area contributed by atoms with E-state index in [9.17, 15) is 4.79 Å². The highest BCUT2D eigenvalue weighted by Crippen LogP contribution is 2.33. The van der Waals surface area contributed by atoms with Crippen LogP contribution in [0.15, 0.2) is 39.7 Å². The maximum absolute atomic E-state index is 12.2. The summed E-state index contributed by atoms with van der Waals surface area (Å²) in [7, 11) is 1.89. The number of fused-ring (bicyclic) bond motifs is 1. The number of nitrogens with zero attached hydrogens (tertiary/aromatic N) is 3. The Labute approximate surface area is 156 Å². The van der Waals surface area contributed by atoms with Gasteiger partial charge in [0.1, 0.15) is 5.71 Å². The molecule has 0 fully saturated rings. The molecule has 1 heterocycles. The van der Waals surface area contributed by atoms with E-state index in [1.165, 1.54) is 11.1 Å². The molecule has 0 saturated heterocycles. The van der Waals surface area contributed by atoms with Crippen LogP contribution >= 0.6 is 0 Å². The number of benzene rings is 1. The van der Waals surface area contributed by atoms with Gasteiger partial charge in [-0.05, 0) is 65.6 Å². The average molecular weight is 355 g/mol. The normalized spacial score (nSPS) is 14.8. The zero-order valence-corrected chi connectivity index (χ0v) is 16.2. The molecule has 0 bridgehead atoms. The Morgan fingerprint density at radius 1 is 1.31 bits per heavy atom. The van der Waals surface area contributed by atoms with Crippen LogP contribution in [0, 0.1) is 6.92 Å². The molecule has 1 aromatic rings. The van der Waals surface area contributed by atoms with Crippen LogP contribution in [0.2, 0.25) is 0 Å². The van der Waals surface area contributed by atoms with E-state index in [0.29, 0.717) is 23.8 Å². The van der Waals surface area contributed by atoms with Gasteiger partial charge in [-0.1, -0.05) is 17.7 Å². The third kappa shape index (κ3) is 4.79. The molecular formula is C20H29N5O. The van der Waals surface area contributed by atoms with Gasteiger partial charge in [0.15, 0.2) is 5.82 Å². The van der Waals surface area contributed by atoms with Crippen LogP contribution in [-0.4, -0.2) is 45.0 Å². The molecule has 1 aliphatic heterocycles. The highest BCUT2D eigenvalue weighted by Gasteiger charge is 2.23. The first-order valence-corrected chi connectivity index (χ1v) is 9.00. The molecule has 1 aromatic carbocycles. The van der Waals surface area contributed by atoms with E-state index in [4.69, 9.17) is 0 Å². The van der Waals surface area contributed by atoms with Gasteiger partial charge in [0.25, 0.3) is 5.91 Å². The molecule has 0 aromatic heterocycles. The van der Waals surface area contributed by atoms with Gasteiger partial charge in [-0.3, -0.25) is 4.79 Å². The van der Waals surface area contributed by atoms with Crippen molar-refractivity contribution in [1.29, 1.82) is 0 Å². The second-order valence-corrected chi connectivity index (χ2v) is 6.51. The molecule has 6 nitrogen and oxygen atoms in total. The van der Waals surface area contributed by atoms with Crippen LogP contribution < -0.4 is 15.5 Å². The van der Waals surface area contributed by atoms with Gasteiger partial charge in [0.05, 0.1) is 5.70 Å². The number of aliphatic imine (C=N–C) groups is 2. The van der Waals surface area contributed by atoms with Crippen molar-refractivity contribution in [3.05, 3.63) is 40.8 Å². The summed E-state index contributed by atoms with van der Waals surface area (Å²) in [6, 6.07) is 6.42. The van der Waals surface area contributed by atoms with Crippen molar-refractivity contribution in [2.45, 2.75) is 33.6 Å². The molecular weight excluding hydrogens is 326 g/mol. The van der Waals surface area contributed by atoms with E-state index in [-0.39, 0.29) is 5.91 Å². The number of carbonyl (C=O) groups is 1. The number of nitrogens with one attached hydrogen (secondary N) is 2. The van der Waals surface area contributed by atoms with E-state index in [1.54, 1.807) is 6.92 Å². The monoisotopic (exact) mass is 355 g/mol. The highest BCUT2D eigenvalue weighted by molar-refractivity contribution is 6.38. The zero-order valence-electron chi connectivity index (χ0n) is 16.2. The molecule has 0 radical (unpaired) electrons. The Kier molecular flexibility index (Phi) is 7.09. The van der Waals surface area contributed by atoms with E-state index in [2.05, 4.69) is 57.4 Å². The largest absolute Gasteiger partial charge is 0.351 e. The number of hydrogen-bond acceptors (Lipinski definition) is 5. The Morgan fingerprint density at radius 2 is 2.08 bits per heavy atom. The number of allylic oxidation sites excluding steroid dienone is 1. The fourth-order valence-corrected chi connectivity index (χ4v) is 3.09. The van der Waals surface area contributed by atoms with Crippen molar-refractivity contribution in [3.8, 4) is 0 Å². The molecule has 0 aliphatic carbocycles. The number of hydrogen-bond donors (Lipinski definition) is 2. The lowest BCUT2D eigenvalue weighted by molar-refractivity contribution is -0.114. The highest BCUT2D eigenvalue weighted by atomic mass is 16.1. The first-order valence-electron chi connectivity index (χ1n) is 9.00. The van der Waals surface area contributed by atoms with Crippen LogP contribution in [0.25, 0.3) is 0 Å². The van der Waals surface area contributed by atoms with Crippen molar-refractivity contribution in [2.75, 3.05) is 31.6 Å². The number of rotatable bonds is 8. The Hall–Kier alpha value is -2.47. The summed E-state index contributed by atoms with van der Waals surface area (Å²) in [5.41, 5.74) is 4.82. The molecule has 2 rings (SSSR count). The molecule has 0 unspecified atom stereocenters. The third-order valence-electron chi connectivity index (χ3n) is 4.41. The minimum Gasteiger partial charge on any atom is -0.351 e. The van der Waals surface area contributed by atoms with Gasteiger partial charge in [-0.2, -0.15) is 0 Å². The van der Waals surface area contributed by atoms with Crippen LogP contribution in [0.4, 0.5) is 5.69 Å². The van der Waals surface area contributed by atoms with Gasteiger partial charge < -0.3 is 15.5 Å². The van der Waals surface area contributed by atoms with E-state index < -0.39 is 0 Å². The quantitative estimate of drug-likeness (QED) is 0.556. The first-order chi connectivity index (χ1) is 12.5. The van der Waals surface area contributed by atoms with Crippen LogP contribution in [-0.2, 0) is 11.2 Å². The van der Waals surface area contributed by atoms with Gasteiger partial charge in [-0.25, -0.2) is 9.98 Å². The molecule has 2 N–H and O–H groups in total. The third-order valence-corrected chi connectivity index (χ3v) is 4.41. The lowest BCUT2D eigenvalue weighted by Gasteiger charge is -2.21. The second kappa shape index (κ2) is 9.29. The van der Waals surface area contributed by atoms with Crippen LogP contribution in [0.5, 0.6) is 0 Å². The van der Waals surface area contributed by atoms with E-state index >= 15 is 0 Å². The predicted octanol–water partition coefficient (Wildman–Crippen LogP) is 2.43. The smallest absolute Gasteiger partial charge is 0.265 e. The van der Waals surface area contributed by atoms with Crippen molar-refractivity contribution in [3.63, 3.8) is 0 Å². The summed E-state index contributed by atoms with van der Waals surface area (Å²) in [4.78, 5) is 23.0. The summed E-state index contributed by atoms with van der Waals surface area (Å²) < 4.78 is 0.